The van der Waals surface area contributed by atoms with Crippen LogP contribution in [-0.4, -0.2) is 32.9 Å². The van der Waals surface area contributed by atoms with Crippen LogP contribution in [0.4, 0.5) is 17.1 Å². The number of nitrogens with one attached hydrogen (secondary N) is 1. The fourth-order valence-corrected chi connectivity index (χ4v) is 4.73. The fourth-order valence-electron chi connectivity index (χ4n) is 3.29. The van der Waals surface area contributed by atoms with Crippen LogP contribution in [-0.2, 0) is 21.2 Å². The predicted molar refractivity (Wildman–Crippen MR) is 130 cm³/mol. The van der Waals surface area contributed by atoms with Gasteiger partial charge in [0.05, 0.1) is 22.6 Å². The van der Waals surface area contributed by atoms with Crippen LogP contribution in [0.3, 0.4) is 0 Å². The van der Waals surface area contributed by atoms with Crippen LogP contribution in [0.1, 0.15) is 18.1 Å². The van der Waals surface area contributed by atoms with Gasteiger partial charge in [0.1, 0.15) is 12.3 Å². The van der Waals surface area contributed by atoms with Gasteiger partial charge in [-0.3, -0.25) is 19.2 Å². The first kappa shape index (κ1) is 24.7. The van der Waals surface area contributed by atoms with E-state index in [0.717, 1.165) is 22.4 Å². The molecule has 0 aliphatic carbocycles. The van der Waals surface area contributed by atoms with E-state index in [9.17, 15) is 23.3 Å². The molecule has 3 rings (SSSR count). The van der Waals surface area contributed by atoms with E-state index in [2.05, 4.69) is 5.32 Å². The second kappa shape index (κ2) is 10.3. The average Bonchev–Trinajstić information content (AvgIpc) is 2.83. The highest BCUT2D eigenvalue weighted by Gasteiger charge is 2.29. The Morgan fingerprint density at radius 3 is 2.26 bits per heavy atom. The number of hydrogen-bond acceptors (Lipinski definition) is 6. The molecule has 0 unspecified atom stereocenters. The molecule has 0 aromatic heterocycles. The molecule has 0 heterocycles. The molecular formula is C24H25N3O6S. The third kappa shape index (κ3) is 5.52. The number of nitrogens with zero attached hydrogens (tertiary/aromatic N) is 2. The van der Waals surface area contributed by atoms with Crippen molar-refractivity contribution in [2.24, 2.45) is 0 Å². The van der Waals surface area contributed by atoms with Crippen molar-refractivity contribution < 1.29 is 22.9 Å². The first-order chi connectivity index (χ1) is 16.1. The number of benzene rings is 3. The first-order valence-electron chi connectivity index (χ1n) is 10.5. The van der Waals surface area contributed by atoms with Crippen LogP contribution >= 0.6 is 0 Å². The summed E-state index contributed by atoms with van der Waals surface area (Å²) in [5.74, 6) is -0.0576. The van der Waals surface area contributed by atoms with Crippen LogP contribution in [0, 0.1) is 17.0 Å². The molecule has 0 spiro atoms. The van der Waals surface area contributed by atoms with Gasteiger partial charge < -0.3 is 10.1 Å². The maximum absolute atomic E-state index is 13.5. The van der Waals surface area contributed by atoms with E-state index in [1.165, 1.54) is 38.3 Å². The van der Waals surface area contributed by atoms with Crippen molar-refractivity contribution in [2.45, 2.75) is 25.2 Å². The zero-order valence-corrected chi connectivity index (χ0v) is 19.8. The quantitative estimate of drug-likeness (QED) is 0.358. The van der Waals surface area contributed by atoms with Crippen molar-refractivity contribution >= 4 is 33.0 Å². The Labute approximate surface area is 198 Å². The molecule has 3 aromatic carbocycles. The van der Waals surface area contributed by atoms with Gasteiger partial charge in [0, 0.05) is 17.3 Å². The predicted octanol–water partition coefficient (Wildman–Crippen LogP) is 4.31. The van der Waals surface area contributed by atoms with Gasteiger partial charge in [-0.25, -0.2) is 8.42 Å². The van der Waals surface area contributed by atoms with Crippen LogP contribution in [0.15, 0.2) is 71.6 Å². The van der Waals surface area contributed by atoms with E-state index in [1.807, 2.05) is 19.1 Å². The van der Waals surface area contributed by atoms with Crippen LogP contribution in [0.5, 0.6) is 5.75 Å². The van der Waals surface area contributed by atoms with Crippen molar-refractivity contribution in [1.82, 2.24) is 0 Å². The number of ether oxygens (including phenoxy) is 1. The monoisotopic (exact) mass is 483 g/mol. The third-order valence-electron chi connectivity index (χ3n) is 5.26. The smallest absolute Gasteiger partial charge is 0.273 e. The number of rotatable bonds is 9. The fraction of sp³-hybridized carbons (Fsp3) is 0.208. The number of carbonyl (C=O) groups is 1. The number of anilines is 2. The minimum atomic E-state index is -4.32. The zero-order valence-electron chi connectivity index (χ0n) is 19.0. The molecule has 0 atom stereocenters. The van der Waals surface area contributed by atoms with Crippen LogP contribution < -0.4 is 14.4 Å². The van der Waals surface area contributed by atoms with E-state index in [-0.39, 0.29) is 16.3 Å². The Balaban J connectivity index is 1.98. The molecule has 0 saturated heterocycles. The Bertz CT molecular complexity index is 1290. The molecule has 10 heteroatoms. The number of aryl methyl sites for hydroxylation is 2. The van der Waals surface area contributed by atoms with Gasteiger partial charge in [0.25, 0.3) is 15.7 Å². The number of nitro benzene ring substituents is 1. The van der Waals surface area contributed by atoms with Crippen molar-refractivity contribution in [3.05, 3.63) is 88.0 Å². The van der Waals surface area contributed by atoms with E-state index in [1.54, 1.807) is 24.3 Å². The summed E-state index contributed by atoms with van der Waals surface area (Å²) >= 11 is 0. The maximum Gasteiger partial charge on any atom is 0.273 e. The summed E-state index contributed by atoms with van der Waals surface area (Å²) in [5, 5.41) is 14.1. The van der Waals surface area contributed by atoms with E-state index < -0.39 is 27.4 Å². The van der Waals surface area contributed by atoms with Gasteiger partial charge in [-0.2, -0.15) is 0 Å². The number of carbonyl (C=O) groups excluding carboxylic acids is 1. The summed E-state index contributed by atoms with van der Waals surface area (Å²) in [7, 11) is -2.84. The van der Waals surface area contributed by atoms with Crippen LogP contribution in [0.25, 0.3) is 0 Å². The molecule has 0 bridgehead atoms. The van der Waals surface area contributed by atoms with Gasteiger partial charge >= 0.3 is 0 Å². The standard InChI is InChI=1S/C24H25N3O6S/c1-4-18-6-8-19(9-7-18)25-24(28)16-26(20-10-12-21(33-3)13-11-20)34(31,32)22-14-5-17(2)23(15-22)27(29)30/h5-15H,4,16H2,1-3H3,(H,25,28). The Kier molecular flexibility index (Phi) is 7.52. The lowest BCUT2D eigenvalue weighted by Crippen LogP contribution is -2.38. The number of methoxy groups -OCH3 is 1. The summed E-state index contributed by atoms with van der Waals surface area (Å²) in [4.78, 5) is 23.3. The van der Waals surface area contributed by atoms with Crippen LogP contribution in [0.2, 0.25) is 0 Å². The molecule has 3 aromatic rings. The van der Waals surface area contributed by atoms with Gasteiger partial charge in [0.15, 0.2) is 0 Å². The lowest BCUT2D eigenvalue weighted by molar-refractivity contribution is -0.385. The van der Waals surface area contributed by atoms with E-state index in [4.69, 9.17) is 4.74 Å². The molecule has 0 fully saturated rings. The Morgan fingerprint density at radius 1 is 1.06 bits per heavy atom. The summed E-state index contributed by atoms with van der Waals surface area (Å²) in [6.45, 7) is 3.00. The van der Waals surface area contributed by atoms with E-state index >= 15 is 0 Å². The van der Waals surface area contributed by atoms with Crippen molar-refractivity contribution in [3.8, 4) is 5.75 Å². The van der Waals surface area contributed by atoms with Gasteiger partial charge in [0.2, 0.25) is 5.91 Å². The molecule has 0 saturated carbocycles. The number of hydrogen-bond donors (Lipinski definition) is 1. The number of sulfonamides is 1. The maximum atomic E-state index is 13.5. The molecule has 34 heavy (non-hydrogen) atoms. The molecule has 0 aliphatic heterocycles. The van der Waals surface area contributed by atoms with Gasteiger partial charge in [-0.05, 0) is 61.4 Å². The molecule has 1 amide bonds. The number of amides is 1. The second-order valence-corrected chi connectivity index (χ2v) is 9.38. The summed E-state index contributed by atoms with van der Waals surface area (Å²) < 4.78 is 33.1. The SMILES string of the molecule is CCc1ccc(NC(=O)CN(c2ccc(OC)cc2)S(=O)(=O)c2ccc(C)c([N+](=O)[O-])c2)cc1. The molecule has 0 aliphatic rings. The Hall–Kier alpha value is -3.92. The van der Waals surface area contributed by atoms with Crippen molar-refractivity contribution in [2.75, 3.05) is 23.3 Å². The lowest BCUT2D eigenvalue weighted by atomic mass is 10.1. The largest absolute Gasteiger partial charge is 0.497 e. The molecule has 9 nitrogen and oxygen atoms in total. The van der Waals surface area contributed by atoms with Gasteiger partial charge in [-0.1, -0.05) is 25.1 Å². The normalized spacial score (nSPS) is 11.0. The Morgan fingerprint density at radius 2 is 1.71 bits per heavy atom. The summed E-state index contributed by atoms with van der Waals surface area (Å²) in [6, 6.07) is 17.0. The molecule has 178 valence electrons. The lowest BCUT2D eigenvalue weighted by Gasteiger charge is -2.24. The highest BCUT2D eigenvalue weighted by Crippen LogP contribution is 2.29. The van der Waals surface area contributed by atoms with Crippen molar-refractivity contribution in [1.29, 1.82) is 0 Å². The molecular weight excluding hydrogens is 458 g/mol. The summed E-state index contributed by atoms with van der Waals surface area (Å²) in [6.07, 6.45) is 0.848. The average molecular weight is 484 g/mol. The molecule has 1 N–H and O–H groups in total. The zero-order chi connectivity index (χ0) is 24.9. The second-order valence-electron chi connectivity index (χ2n) is 7.51. The number of nitro groups is 1. The minimum absolute atomic E-state index is 0.209. The van der Waals surface area contributed by atoms with Gasteiger partial charge in [-0.15, -0.1) is 0 Å². The summed E-state index contributed by atoms with van der Waals surface area (Å²) in [5.41, 5.74) is 1.84. The van der Waals surface area contributed by atoms with Crippen molar-refractivity contribution in [3.63, 3.8) is 0 Å². The molecule has 0 radical (unpaired) electrons. The highest BCUT2D eigenvalue weighted by molar-refractivity contribution is 7.92. The third-order valence-corrected chi connectivity index (χ3v) is 7.03. The first-order valence-corrected chi connectivity index (χ1v) is 11.9. The highest BCUT2D eigenvalue weighted by atomic mass is 32.2. The topological polar surface area (TPSA) is 119 Å². The van der Waals surface area contributed by atoms with E-state index in [0.29, 0.717) is 17.0 Å². The minimum Gasteiger partial charge on any atom is -0.497 e.